The van der Waals surface area contributed by atoms with Crippen LogP contribution >= 0.6 is 31.9 Å². The normalized spacial score (nSPS) is 10.2. The van der Waals surface area contributed by atoms with Crippen LogP contribution in [0.2, 0.25) is 0 Å². The van der Waals surface area contributed by atoms with Gasteiger partial charge in [-0.1, -0.05) is 6.07 Å². The number of benzene rings is 1. The molecule has 2 rings (SSSR count). The Hall–Kier alpha value is -1.07. The number of pyridine rings is 1. The molecule has 1 N–H and O–H groups in total. The van der Waals surface area contributed by atoms with Crippen molar-refractivity contribution >= 4 is 37.5 Å². The summed E-state index contributed by atoms with van der Waals surface area (Å²) in [4.78, 5) is 4.08. The van der Waals surface area contributed by atoms with E-state index < -0.39 is 0 Å². The van der Waals surface area contributed by atoms with Crippen molar-refractivity contribution in [3.05, 3.63) is 51.2 Å². The number of hydrogen-bond donors (Lipinski definition) is 1. The highest BCUT2D eigenvalue weighted by Gasteiger charge is 2.06. The van der Waals surface area contributed by atoms with Crippen molar-refractivity contribution in [3.8, 4) is 5.75 Å². The lowest BCUT2D eigenvalue weighted by Crippen LogP contribution is -2.01. The van der Waals surface area contributed by atoms with Crippen LogP contribution < -0.4 is 10.1 Å². The van der Waals surface area contributed by atoms with Crippen molar-refractivity contribution in [3.63, 3.8) is 0 Å². The molecule has 2 aromatic rings. The van der Waals surface area contributed by atoms with Crippen molar-refractivity contribution in [2.75, 3.05) is 12.4 Å². The lowest BCUT2D eigenvalue weighted by molar-refractivity contribution is 0.412. The largest absolute Gasteiger partial charge is 0.495 e. The SMILES string of the molecule is COc1cc(NCc2cccnc2)c(Br)cc1Br. The zero-order valence-corrected chi connectivity index (χ0v) is 13.0. The Bertz CT molecular complexity index is 532. The summed E-state index contributed by atoms with van der Waals surface area (Å²) in [5, 5.41) is 3.34. The molecule has 1 aromatic heterocycles. The lowest BCUT2D eigenvalue weighted by atomic mass is 10.2. The monoisotopic (exact) mass is 370 g/mol. The maximum Gasteiger partial charge on any atom is 0.135 e. The Balaban J connectivity index is 2.14. The van der Waals surface area contributed by atoms with Gasteiger partial charge in [0.05, 0.1) is 17.3 Å². The van der Waals surface area contributed by atoms with Crippen LogP contribution in [-0.2, 0) is 6.54 Å². The van der Waals surface area contributed by atoms with Crippen molar-refractivity contribution < 1.29 is 4.74 Å². The molecule has 18 heavy (non-hydrogen) atoms. The van der Waals surface area contributed by atoms with Crippen molar-refractivity contribution in [2.24, 2.45) is 0 Å². The number of anilines is 1. The third-order valence-corrected chi connectivity index (χ3v) is 3.72. The first-order valence-electron chi connectivity index (χ1n) is 5.36. The fourth-order valence-corrected chi connectivity index (χ4v) is 2.82. The number of hydrogen-bond acceptors (Lipinski definition) is 3. The molecule has 5 heteroatoms. The van der Waals surface area contributed by atoms with Gasteiger partial charge in [-0.05, 0) is 49.6 Å². The van der Waals surface area contributed by atoms with E-state index in [1.54, 1.807) is 13.3 Å². The minimum absolute atomic E-state index is 0.719. The molecule has 0 bridgehead atoms. The number of methoxy groups -OCH3 is 1. The molecule has 0 amide bonds. The topological polar surface area (TPSA) is 34.1 Å². The van der Waals surface area contributed by atoms with Gasteiger partial charge in [-0.25, -0.2) is 0 Å². The second-order valence-electron chi connectivity index (χ2n) is 3.68. The van der Waals surface area contributed by atoms with E-state index in [1.165, 1.54) is 0 Å². The first kappa shape index (κ1) is 13.4. The Morgan fingerprint density at radius 3 is 2.78 bits per heavy atom. The first-order valence-corrected chi connectivity index (χ1v) is 6.95. The number of halogens is 2. The molecule has 94 valence electrons. The number of aromatic nitrogens is 1. The van der Waals surface area contributed by atoms with Crippen LogP contribution in [0.25, 0.3) is 0 Å². The average Bonchev–Trinajstić information content (AvgIpc) is 2.39. The summed E-state index contributed by atoms with van der Waals surface area (Å²) in [7, 11) is 1.65. The minimum atomic E-state index is 0.719. The zero-order chi connectivity index (χ0) is 13.0. The Morgan fingerprint density at radius 2 is 2.11 bits per heavy atom. The summed E-state index contributed by atoms with van der Waals surface area (Å²) in [5.41, 5.74) is 2.12. The Morgan fingerprint density at radius 1 is 1.28 bits per heavy atom. The molecule has 0 spiro atoms. The van der Waals surface area contributed by atoms with Gasteiger partial charge in [-0.3, -0.25) is 4.98 Å². The van der Waals surface area contributed by atoms with E-state index in [4.69, 9.17) is 4.74 Å². The summed E-state index contributed by atoms with van der Waals surface area (Å²) in [6.07, 6.45) is 3.61. The second-order valence-corrected chi connectivity index (χ2v) is 5.39. The standard InChI is InChI=1S/C13H12Br2N2O/c1-18-13-6-12(10(14)5-11(13)15)17-8-9-3-2-4-16-7-9/h2-7,17H,8H2,1H3. The van der Waals surface area contributed by atoms with E-state index in [9.17, 15) is 0 Å². The molecule has 0 atom stereocenters. The van der Waals surface area contributed by atoms with Crippen LogP contribution in [0.15, 0.2) is 45.6 Å². The molecule has 0 aliphatic rings. The van der Waals surface area contributed by atoms with E-state index in [-0.39, 0.29) is 0 Å². The summed E-state index contributed by atoms with van der Waals surface area (Å²) in [6, 6.07) is 7.87. The molecular formula is C13H12Br2N2O. The molecule has 0 saturated carbocycles. The van der Waals surface area contributed by atoms with E-state index in [0.717, 1.165) is 32.5 Å². The zero-order valence-electron chi connectivity index (χ0n) is 9.78. The van der Waals surface area contributed by atoms with Gasteiger partial charge < -0.3 is 10.1 Å². The highest BCUT2D eigenvalue weighted by molar-refractivity contribution is 9.11. The van der Waals surface area contributed by atoms with Gasteiger partial charge in [0.2, 0.25) is 0 Å². The van der Waals surface area contributed by atoms with Crippen LogP contribution in [0, 0.1) is 0 Å². The van der Waals surface area contributed by atoms with Crippen LogP contribution in [0.1, 0.15) is 5.56 Å². The molecule has 1 aromatic carbocycles. The lowest BCUT2D eigenvalue weighted by Gasteiger charge is -2.11. The molecule has 0 saturated heterocycles. The summed E-state index contributed by atoms with van der Waals surface area (Å²) >= 11 is 6.97. The van der Waals surface area contributed by atoms with Crippen LogP contribution in [0.5, 0.6) is 5.75 Å². The summed E-state index contributed by atoms with van der Waals surface area (Å²) in [6.45, 7) is 0.719. The van der Waals surface area contributed by atoms with Crippen LogP contribution in [0.4, 0.5) is 5.69 Å². The molecular weight excluding hydrogens is 360 g/mol. The van der Waals surface area contributed by atoms with Crippen molar-refractivity contribution in [1.82, 2.24) is 4.98 Å². The predicted octanol–water partition coefficient (Wildman–Crippen LogP) is 4.23. The Kier molecular flexibility index (Phi) is 4.60. The molecule has 0 radical (unpaired) electrons. The maximum absolute atomic E-state index is 5.27. The second kappa shape index (κ2) is 6.20. The number of ether oxygens (including phenoxy) is 1. The van der Waals surface area contributed by atoms with Crippen molar-refractivity contribution in [2.45, 2.75) is 6.54 Å². The predicted molar refractivity (Wildman–Crippen MR) is 80.0 cm³/mol. The number of nitrogens with one attached hydrogen (secondary N) is 1. The van der Waals surface area contributed by atoms with Gasteiger partial charge >= 0.3 is 0 Å². The van der Waals surface area contributed by atoms with Crippen LogP contribution in [-0.4, -0.2) is 12.1 Å². The molecule has 0 aliphatic heterocycles. The quantitative estimate of drug-likeness (QED) is 0.873. The summed E-state index contributed by atoms with van der Waals surface area (Å²) in [5.74, 6) is 0.798. The van der Waals surface area contributed by atoms with E-state index in [2.05, 4.69) is 42.2 Å². The van der Waals surface area contributed by atoms with Gasteiger partial charge in [0.25, 0.3) is 0 Å². The number of rotatable bonds is 4. The number of nitrogens with zero attached hydrogens (tertiary/aromatic N) is 1. The molecule has 3 nitrogen and oxygen atoms in total. The average molecular weight is 372 g/mol. The van der Waals surface area contributed by atoms with Crippen molar-refractivity contribution in [1.29, 1.82) is 0 Å². The van der Waals surface area contributed by atoms with E-state index in [1.807, 2.05) is 30.5 Å². The van der Waals surface area contributed by atoms with Gasteiger partial charge in [-0.15, -0.1) is 0 Å². The highest BCUT2D eigenvalue weighted by Crippen LogP contribution is 2.34. The summed E-state index contributed by atoms with van der Waals surface area (Å²) < 4.78 is 7.18. The van der Waals surface area contributed by atoms with Gasteiger partial charge in [-0.2, -0.15) is 0 Å². The molecule has 1 heterocycles. The fraction of sp³-hybridized carbons (Fsp3) is 0.154. The highest BCUT2D eigenvalue weighted by atomic mass is 79.9. The third kappa shape index (κ3) is 3.23. The molecule has 0 fully saturated rings. The smallest absolute Gasteiger partial charge is 0.135 e. The van der Waals surface area contributed by atoms with Gasteiger partial charge in [0.1, 0.15) is 5.75 Å². The van der Waals surface area contributed by atoms with E-state index >= 15 is 0 Å². The molecule has 0 unspecified atom stereocenters. The third-order valence-electron chi connectivity index (χ3n) is 2.45. The Labute approximate surface area is 123 Å². The molecule has 0 aliphatic carbocycles. The van der Waals surface area contributed by atoms with E-state index in [0.29, 0.717) is 0 Å². The minimum Gasteiger partial charge on any atom is -0.495 e. The first-order chi connectivity index (χ1) is 8.70. The maximum atomic E-state index is 5.27. The van der Waals surface area contributed by atoms with Crippen LogP contribution in [0.3, 0.4) is 0 Å². The van der Waals surface area contributed by atoms with Gasteiger partial charge in [0.15, 0.2) is 0 Å². The fourth-order valence-electron chi connectivity index (χ4n) is 1.52. The van der Waals surface area contributed by atoms with Gasteiger partial charge in [0, 0.05) is 29.5 Å².